The predicted molar refractivity (Wildman–Crippen MR) is 130 cm³/mol. The summed E-state index contributed by atoms with van der Waals surface area (Å²) >= 11 is 3.48. The summed E-state index contributed by atoms with van der Waals surface area (Å²) in [5.74, 6) is 0.514. The molecule has 2 heterocycles. The Labute approximate surface area is 195 Å². The van der Waals surface area contributed by atoms with Gasteiger partial charge in [0, 0.05) is 52.1 Å². The van der Waals surface area contributed by atoms with Gasteiger partial charge in [0.25, 0.3) is 0 Å². The number of furan rings is 1. The molecular weight excluding hydrogens is 468 g/mol. The summed E-state index contributed by atoms with van der Waals surface area (Å²) in [5.41, 5.74) is 5.39. The molecule has 0 aliphatic heterocycles. The third kappa shape index (κ3) is 4.92. The Bertz CT molecular complexity index is 1260. The Morgan fingerprint density at radius 3 is 2.75 bits per heavy atom. The monoisotopic (exact) mass is 490 g/mol. The van der Waals surface area contributed by atoms with Crippen molar-refractivity contribution in [2.75, 3.05) is 6.61 Å². The molecule has 0 saturated carbocycles. The Morgan fingerprint density at radius 2 is 2.03 bits per heavy atom. The molecule has 0 atom stereocenters. The lowest BCUT2D eigenvalue weighted by Crippen LogP contribution is -2.20. The molecule has 1 amide bonds. The van der Waals surface area contributed by atoms with Crippen molar-refractivity contribution < 1.29 is 13.9 Å². The molecule has 2 aromatic carbocycles. The first-order valence-corrected chi connectivity index (χ1v) is 11.1. The number of allylic oxidation sites excluding steroid dienone is 1. The minimum Gasteiger partial charge on any atom is -0.493 e. The number of nitrogens with one attached hydrogen (secondary N) is 1. The number of carbonyl (C=O) groups is 1. The number of hydrogen-bond donors (Lipinski definition) is 1. The van der Waals surface area contributed by atoms with Crippen molar-refractivity contribution in [1.29, 1.82) is 0 Å². The van der Waals surface area contributed by atoms with E-state index in [1.807, 2.05) is 62.4 Å². The highest BCUT2D eigenvalue weighted by molar-refractivity contribution is 9.10. The van der Waals surface area contributed by atoms with Crippen LogP contribution in [0.15, 0.2) is 82.2 Å². The van der Waals surface area contributed by atoms with Gasteiger partial charge in [0.1, 0.15) is 11.3 Å². The van der Waals surface area contributed by atoms with E-state index in [0.717, 1.165) is 43.3 Å². The first-order chi connectivity index (χ1) is 15.5. The molecule has 162 valence electrons. The van der Waals surface area contributed by atoms with E-state index in [1.165, 1.54) is 0 Å². The predicted octanol–water partition coefficient (Wildman–Crippen LogP) is 6.38. The number of fused-ring (bicyclic) bond motifs is 1. The fourth-order valence-corrected chi connectivity index (χ4v) is 3.77. The molecule has 0 aliphatic carbocycles. The normalized spacial score (nSPS) is 11.5. The van der Waals surface area contributed by atoms with Crippen molar-refractivity contribution in [3.05, 3.63) is 88.9 Å². The fourth-order valence-electron chi connectivity index (χ4n) is 3.51. The number of nitrogens with zero attached hydrogens (tertiary/aromatic N) is 1. The van der Waals surface area contributed by atoms with Gasteiger partial charge < -0.3 is 14.5 Å². The van der Waals surface area contributed by atoms with E-state index in [-0.39, 0.29) is 5.91 Å². The molecule has 2 aromatic heterocycles. The van der Waals surface area contributed by atoms with Crippen LogP contribution in [0.4, 0.5) is 0 Å². The number of hydrogen-bond acceptors (Lipinski definition) is 4. The minimum absolute atomic E-state index is 0.172. The summed E-state index contributed by atoms with van der Waals surface area (Å²) < 4.78 is 12.7. The van der Waals surface area contributed by atoms with Gasteiger partial charge in [-0.25, -0.2) is 0 Å². The summed E-state index contributed by atoms with van der Waals surface area (Å²) in [4.78, 5) is 16.6. The molecule has 32 heavy (non-hydrogen) atoms. The average molecular weight is 491 g/mol. The SMILES string of the molecule is CCOc1cc2occ(-c3ccc(Br)cc3)c2cc1/C(C)=C/C(=O)NCc1cccnc1. The quantitative estimate of drug-likeness (QED) is 0.305. The highest BCUT2D eigenvalue weighted by atomic mass is 79.9. The average Bonchev–Trinajstić information content (AvgIpc) is 3.21. The number of benzene rings is 2. The number of amides is 1. The summed E-state index contributed by atoms with van der Waals surface area (Å²) in [6, 6.07) is 15.8. The van der Waals surface area contributed by atoms with Gasteiger partial charge in [0.15, 0.2) is 0 Å². The number of aromatic nitrogens is 1. The van der Waals surface area contributed by atoms with Crippen molar-refractivity contribution in [1.82, 2.24) is 10.3 Å². The van der Waals surface area contributed by atoms with Crippen molar-refractivity contribution in [2.45, 2.75) is 20.4 Å². The van der Waals surface area contributed by atoms with Gasteiger partial charge in [-0.15, -0.1) is 0 Å². The largest absolute Gasteiger partial charge is 0.493 e. The fraction of sp³-hybridized carbons (Fsp3) is 0.154. The molecule has 0 bridgehead atoms. The van der Waals surface area contributed by atoms with Crippen LogP contribution in [0.5, 0.6) is 5.75 Å². The zero-order chi connectivity index (χ0) is 22.5. The van der Waals surface area contributed by atoms with Crippen LogP contribution in [0.1, 0.15) is 25.0 Å². The smallest absolute Gasteiger partial charge is 0.244 e. The molecule has 4 aromatic rings. The maximum absolute atomic E-state index is 12.5. The standard InChI is InChI=1S/C26H23BrN2O3/c1-3-31-24-13-25-22(23(16-32-25)19-6-8-20(27)9-7-19)12-21(24)17(2)11-26(30)29-15-18-5-4-10-28-14-18/h4-14,16H,3,15H2,1-2H3,(H,29,30)/b17-11+. The molecule has 5 nitrogen and oxygen atoms in total. The van der Waals surface area contributed by atoms with E-state index in [2.05, 4.69) is 26.2 Å². The van der Waals surface area contributed by atoms with Gasteiger partial charge in [0.2, 0.25) is 5.91 Å². The maximum Gasteiger partial charge on any atom is 0.244 e. The van der Waals surface area contributed by atoms with E-state index in [4.69, 9.17) is 9.15 Å². The van der Waals surface area contributed by atoms with Crippen molar-refractivity contribution in [3.63, 3.8) is 0 Å². The number of ether oxygens (including phenoxy) is 1. The third-order valence-corrected chi connectivity index (χ3v) is 5.62. The van der Waals surface area contributed by atoms with Crippen molar-refractivity contribution >= 4 is 38.4 Å². The highest BCUT2D eigenvalue weighted by Gasteiger charge is 2.15. The zero-order valence-corrected chi connectivity index (χ0v) is 19.5. The topological polar surface area (TPSA) is 64.4 Å². The number of pyridine rings is 1. The summed E-state index contributed by atoms with van der Waals surface area (Å²) in [6.07, 6.45) is 6.80. The van der Waals surface area contributed by atoms with Crippen LogP contribution in [-0.2, 0) is 11.3 Å². The summed E-state index contributed by atoms with van der Waals surface area (Å²) in [6.45, 7) is 4.78. The van der Waals surface area contributed by atoms with Crippen molar-refractivity contribution in [3.8, 4) is 16.9 Å². The van der Waals surface area contributed by atoms with Crippen LogP contribution < -0.4 is 10.1 Å². The molecule has 4 rings (SSSR count). The molecule has 0 aliphatic rings. The van der Waals surface area contributed by atoms with Crippen LogP contribution in [0, 0.1) is 0 Å². The number of halogens is 1. The van der Waals surface area contributed by atoms with E-state index >= 15 is 0 Å². The van der Waals surface area contributed by atoms with Gasteiger partial charge in [-0.2, -0.15) is 0 Å². The first-order valence-electron chi connectivity index (χ1n) is 10.3. The molecule has 0 unspecified atom stereocenters. The van der Waals surface area contributed by atoms with Gasteiger partial charge in [-0.1, -0.05) is 34.1 Å². The highest BCUT2D eigenvalue weighted by Crippen LogP contribution is 2.37. The lowest BCUT2D eigenvalue weighted by molar-refractivity contribution is -0.116. The van der Waals surface area contributed by atoms with Gasteiger partial charge in [-0.3, -0.25) is 9.78 Å². The van der Waals surface area contributed by atoms with Gasteiger partial charge in [-0.05, 0) is 54.8 Å². The maximum atomic E-state index is 12.5. The second-order valence-corrected chi connectivity index (χ2v) is 8.26. The zero-order valence-electron chi connectivity index (χ0n) is 17.9. The van der Waals surface area contributed by atoms with Crippen molar-refractivity contribution in [2.24, 2.45) is 0 Å². The van der Waals surface area contributed by atoms with E-state index in [9.17, 15) is 4.79 Å². The molecule has 0 saturated heterocycles. The van der Waals surface area contributed by atoms with Crippen LogP contribution in [-0.4, -0.2) is 17.5 Å². The van der Waals surface area contributed by atoms with Gasteiger partial charge in [0.05, 0.1) is 12.9 Å². The van der Waals surface area contributed by atoms with Crippen LogP contribution in [0.3, 0.4) is 0 Å². The van der Waals surface area contributed by atoms with Crippen LogP contribution in [0.2, 0.25) is 0 Å². The molecule has 6 heteroatoms. The van der Waals surface area contributed by atoms with Gasteiger partial charge >= 0.3 is 0 Å². The molecule has 0 fully saturated rings. The van der Waals surface area contributed by atoms with E-state index < -0.39 is 0 Å². The molecule has 0 radical (unpaired) electrons. The minimum atomic E-state index is -0.172. The van der Waals surface area contributed by atoms with Crippen LogP contribution >= 0.6 is 15.9 Å². The third-order valence-electron chi connectivity index (χ3n) is 5.09. The Balaban J connectivity index is 1.66. The summed E-state index contributed by atoms with van der Waals surface area (Å²) in [7, 11) is 0. The second kappa shape index (κ2) is 9.83. The Hall–Kier alpha value is -3.38. The lowest BCUT2D eigenvalue weighted by atomic mass is 9.99. The van der Waals surface area contributed by atoms with E-state index in [1.54, 1.807) is 24.7 Å². The Kier molecular flexibility index (Phi) is 6.71. The van der Waals surface area contributed by atoms with Crippen LogP contribution in [0.25, 0.3) is 27.7 Å². The Morgan fingerprint density at radius 1 is 1.22 bits per heavy atom. The summed E-state index contributed by atoms with van der Waals surface area (Å²) in [5, 5.41) is 3.87. The number of carbonyl (C=O) groups excluding carboxylic acids is 1. The second-order valence-electron chi connectivity index (χ2n) is 7.34. The lowest BCUT2D eigenvalue weighted by Gasteiger charge is -2.12. The van der Waals surface area contributed by atoms with E-state index in [0.29, 0.717) is 18.9 Å². The molecule has 1 N–H and O–H groups in total. The number of rotatable bonds is 7. The molecular formula is C26H23BrN2O3. The molecule has 0 spiro atoms. The first kappa shape index (κ1) is 21.8.